The molecule has 0 aliphatic carbocycles. The molecule has 2 aromatic heterocycles. The number of aryl methyl sites for hydroxylation is 2. The zero-order valence-electron chi connectivity index (χ0n) is 12.2. The molecule has 3 rings (SSSR count). The molecule has 0 N–H and O–H groups in total. The molecular weight excluding hydrogens is 268 g/mol. The molecule has 0 spiro atoms. The third-order valence-corrected chi connectivity index (χ3v) is 4.72. The number of aromatic nitrogens is 3. The first-order chi connectivity index (χ1) is 9.72. The van der Waals surface area contributed by atoms with Crippen molar-refractivity contribution in [1.29, 1.82) is 0 Å². The highest BCUT2D eigenvalue weighted by molar-refractivity contribution is 7.07. The van der Waals surface area contributed by atoms with E-state index in [2.05, 4.69) is 45.0 Å². The molecule has 1 fully saturated rings. The normalized spacial score (nSPS) is 20.4. The molecule has 0 unspecified atom stereocenters. The maximum atomic E-state index is 4.61. The van der Waals surface area contributed by atoms with Crippen LogP contribution in [0.1, 0.15) is 36.3 Å². The monoisotopic (exact) mass is 290 g/mol. The quantitative estimate of drug-likeness (QED) is 0.868. The third-order valence-electron chi connectivity index (χ3n) is 4.08. The summed E-state index contributed by atoms with van der Waals surface area (Å²) in [7, 11) is 0. The number of rotatable bonds is 4. The largest absolute Gasteiger partial charge is 0.293 e. The number of nitrogens with zero attached hydrogens (tertiary/aromatic N) is 4. The Morgan fingerprint density at radius 1 is 1.35 bits per heavy atom. The van der Waals surface area contributed by atoms with Crippen molar-refractivity contribution in [1.82, 2.24) is 19.7 Å². The molecule has 0 saturated carbocycles. The van der Waals surface area contributed by atoms with Gasteiger partial charge >= 0.3 is 0 Å². The smallest absolute Gasteiger partial charge is 0.0795 e. The number of likely N-dealkylation sites (tertiary alicyclic amines) is 1. The first-order valence-electron chi connectivity index (χ1n) is 7.34. The SMILES string of the molecule is Cc1cc(C)n(C[C@@H]2CCCCN2Cc2cscn2)n1. The first kappa shape index (κ1) is 13.8. The molecule has 3 heterocycles. The van der Waals surface area contributed by atoms with Gasteiger partial charge in [0.05, 0.1) is 23.4 Å². The van der Waals surface area contributed by atoms with Crippen molar-refractivity contribution >= 4 is 11.3 Å². The predicted octanol–water partition coefficient (Wildman–Crippen LogP) is 3.01. The fraction of sp³-hybridized carbons (Fsp3) is 0.600. The van der Waals surface area contributed by atoms with Gasteiger partial charge in [0.15, 0.2) is 0 Å². The Kier molecular flexibility index (Phi) is 4.17. The number of piperidine rings is 1. The van der Waals surface area contributed by atoms with Crippen LogP contribution in [0.4, 0.5) is 0 Å². The van der Waals surface area contributed by atoms with Gasteiger partial charge in [-0.2, -0.15) is 5.10 Å². The molecule has 1 aliphatic rings. The van der Waals surface area contributed by atoms with E-state index in [1.54, 1.807) is 11.3 Å². The third kappa shape index (κ3) is 3.10. The summed E-state index contributed by atoms with van der Waals surface area (Å²) in [4.78, 5) is 7.01. The minimum atomic E-state index is 0.587. The molecular formula is C15H22N4S. The summed E-state index contributed by atoms with van der Waals surface area (Å²) in [6.07, 6.45) is 3.90. The second kappa shape index (κ2) is 6.06. The van der Waals surface area contributed by atoms with Gasteiger partial charge in [0.25, 0.3) is 0 Å². The standard InChI is InChI=1S/C15H22N4S/c1-12-7-13(2)19(17-12)9-15-5-3-4-6-18(15)8-14-10-20-11-16-14/h7,10-11,15H,3-6,8-9H2,1-2H3/t15-/m0/s1. The van der Waals surface area contributed by atoms with Gasteiger partial charge in [0.2, 0.25) is 0 Å². The molecule has 0 radical (unpaired) electrons. The molecule has 0 amide bonds. The maximum absolute atomic E-state index is 4.61. The van der Waals surface area contributed by atoms with Crippen LogP contribution in [-0.2, 0) is 13.1 Å². The summed E-state index contributed by atoms with van der Waals surface area (Å²) in [6.45, 7) is 7.38. The number of hydrogen-bond acceptors (Lipinski definition) is 4. The Labute approximate surface area is 124 Å². The molecule has 1 aliphatic heterocycles. The van der Waals surface area contributed by atoms with Gasteiger partial charge in [-0.15, -0.1) is 11.3 Å². The van der Waals surface area contributed by atoms with E-state index in [0.717, 1.165) is 18.8 Å². The van der Waals surface area contributed by atoms with E-state index < -0.39 is 0 Å². The van der Waals surface area contributed by atoms with E-state index in [0.29, 0.717) is 6.04 Å². The lowest BCUT2D eigenvalue weighted by Gasteiger charge is -2.35. The molecule has 1 saturated heterocycles. The van der Waals surface area contributed by atoms with Gasteiger partial charge < -0.3 is 0 Å². The van der Waals surface area contributed by atoms with Crippen molar-refractivity contribution in [3.05, 3.63) is 34.0 Å². The van der Waals surface area contributed by atoms with Gasteiger partial charge in [-0.05, 0) is 39.3 Å². The Bertz CT molecular complexity index is 546. The van der Waals surface area contributed by atoms with E-state index in [-0.39, 0.29) is 0 Å². The summed E-state index contributed by atoms with van der Waals surface area (Å²) < 4.78 is 2.17. The molecule has 0 bridgehead atoms. The second-order valence-electron chi connectivity index (χ2n) is 5.71. The summed E-state index contributed by atoms with van der Waals surface area (Å²) in [5.41, 5.74) is 5.51. The van der Waals surface area contributed by atoms with Crippen molar-refractivity contribution in [2.75, 3.05) is 6.54 Å². The average Bonchev–Trinajstić information content (AvgIpc) is 3.02. The summed E-state index contributed by atoms with van der Waals surface area (Å²) in [6, 6.07) is 2.75. The van der Waals surface area contributed by atoms with E-state index in [4.69, 9.17) is 0 Å². The Hall–Kier alpha value is -1.20. The van der Waals surface area contributed by atoms with Crippen molar-refractivity contribution in [2.24, 2.45) is 0 Å². The topological polar surface area (TPSA) is 34.0 Å². The van der Waals surface area contributed by atoms with Crippen molar-refractivity contribution in [3.63, 3.8) is 0 Å². The van der Waals surface area contributed by atoms with Gasteiger partial charge in [0.1, 0.15) is 0 Å². The summed E-state index contributed by atoms with van der Waals surface area (Å²) >= 11 is 1.68. The predicted molar refractivity (Wildman–Crippen MR) is 81.9 cm³/mol. The highest BCUT2D eigenvalue weighted by Gasteiger charge is 2.24. The Morgan fingerprint density at radius 2 is 2.25 bits per heavy atom. The van der Waals surface area contributed by atoms with Crippen LogP contribution < -0.4 is 0 Å². The van der Waals surface area contributed by atoms with Crippen LogP contribution >= 0.6 is 11.3 Å². The molecule has 108 valence electrons. The van der Waals surface area contributed by atoms with Crippen LogP contribution in [0.5, 0.6) is 0 Å². The van der Waals surface area contributed by atoms with Crippen LogP contribution in [-0.4, -0.2) is 32.3 Å². The van der Waals surface area contributed by atoms with E-state index in [1.165, 1.54) is 37.2 Å². The van der Waals surface area contributed by atoms with Crippen LogP contribution in [0, 0.1) is 13.8 Å². The molecule has 5 heteroatoms. The molecule has 4 nitrogen and oxygen atoms in total. The van der Waals surface area contributed by atoms with E-state index >= 15 is 0 Å². The lowest BCUT2D eigenvalue weighted by molar-refractivity contribution is 0.120. The molecule has 0 aromatic carbocycles. The molecule has 20 heavy (non-hydrogen) atoms. The van der Waals surface area contributed by atoms with Gasteiger partial charge in [0, 0.05) is 23.7 Å². The number of thiazole rings is 1. The minimum absolute atomic E-state index is 0.587. The van der Waals surface area contributed by atoms with Crippen LogP contribution in [0.3, 0.4) is 0 Å². The zero-order chi connectivity index (χ0) is 13.9. The fourth-order valence-corrected chi connectivity index (χ4v) is 3.61. The second-order valence-corrected chi connectivity index (χ2v) is 6.43. The molecule has 2 aromatic rings. The van der Waals surface area contributed by atoms with Crippen molar-refractivity contribution in [2.45, 2.75) is 52.2 Å². The summed E-state index contributed by atoms with van der Waals surface area (Å²) in [5, 5.41) is 6.77. The van der Waals surface area contributed by atoms with Gasteiger partial charge in [-0.25, -0.2) is 4.98 Å². The lowest BCUT2D eigenvalue weighted by atomic mass is 10.0. The van der Waals surface area contributed by atoms with Gasteiger partial charge in [-0.3, -0.25) is 9.58 Å². The van der Waals surface area contributed by atoms with Crippen LogP contribution in [0.2, 0.25) is 0 Å². The summed E-state index contributed by atoms with van der Waals surface area (Å²) in [5.74, 6) is 0. The van der Waals surface area contributed by atoms with Gasteiger partial charge in [-0.1, -0.05) is 6.42 Å². The van der Waals surface area contributed by atoms with Crippen LogP contribution in [0.15, 0.2) is 17.0 Å². The van der Waals surface area contributed by atoms with Crippen molar-refractivity contribution < 1.29 is 0 Å². The zero-order valence-corrected chi connectivity index (χ0v) is 13.1. The Morgan fingerprint density at radius 3 is 2.95 bits per heavy atom. The van der Waals surface area contributed by atoms with E-state index in [1.807, 2.05) is 5.51 Å². The Balaban J connectivity index is 1.70. The van der Waals surface area contributed by atoms with Crippen molar-refractivity contribution in [3.8, 4) is 0 Å². The number of hydrogen-bond donors (Lipinski definition) is 0. The fourth-order valence-electron chi connectivity index (χ4n) is 3.06. The average molecular weight is 290 g/mol. The first-order valence-corrected chi connectivity index (χ1v) is 8.29. The molecule has 1 atom stereocenters. The van der Waals surface area contributed by atoms with E-state index in [9.17, 15) is 0 Å². The highest BCUT2D eigenvalue weighted by atomic mass is 32.1. The lowest BCUT2D eigenvalue weighted by Crippen LogP contribution is -2.42. The van der Waals surface area contributed by atoms with Crippen LogP contribution in [0.25, 0.3) is 0 Å². The maximum Gasteiger partial charge on any atom is 0.0795 e. The minimum Gasteiger partial charge on any atom is -0.293 e. The highest BCUT2D eigenvalue weighted by Crippen LogP contribution is 2.21.